The number of aryl methyl sites for hydroxylation is 1. The van der Waals surface area contributed by atoms with Crippen LogP contribution >= 0.6 is 0 Å². The summed E-state index contributed by atoms with van der Waals surface area (Å²) >= 11 is 0. The van der Waals surface area contributed by atoms with Crippen LogP contribution in [0.5, 0.6) is 0 Å². The van der Waals surface area contributed by atoms with E-state index < -0.39 is 5.82 Å². The monoisotopic (exact) mass is 507 g/mol. The maximum Gasteiger partial charge on any atom is 0.227 e. The first kappa shape index (κ1) is 22.3. The van der Waals surface area contributed by atoms with Gasteiger partial charge in [0.1, 0.15) is 16.9 Å². The van der Waals surface area contributed by atoms with Gasteiger partial charge >= 0.3 is 0 Å². The maximum absolute atomic E-state index is 16.0. The van der Waals surface area contributed by atoms with Gasteiger partial charge in [-0.15, -0.1) is 0 Å². The molecular formula is C27H22FN9O. The van der Waals surface area contributed by atoms with Crippen LogP contribution in [-0.4, -0.2) is 45.6 Å². The molecule has 0 bridgehead atoms. The van der Waals surface area contributed by atoms with Crippen LogP contribution in [0.2, 0.25) is 0 Å². The molecule has 1 aliphatic rings. The molecule has 0 saturated heterocycles. The van der Waals surface area contributed by atoms with E-state index >= 15 is 4.39 Å². The van der Waals surface area contributed by atoms with Crippen molar-refractivity contribution in [3.8, 4) is 28.5 Å². The summed E-state index contributed by atoms with van der Waals surface area (Å²) in [5.74, 6) is -0.139. The van der Waals surface area contributed by atoms with E-state index in [1.807, 2.05) is 35.9 Å². The molecule has 1 amide bonds. The first-order valence-corrected chi connectivity index (χ1v) is 12.3. The molecule has 1 saturated carbocycles. The number of carbonyl (C=O) groups excluding carboxylic acids is 1. The highest BCUT2D eigenvalue weighted by Gasteiger charge is 2.26. The van der Waals surface area contributed by atoms with Crippen molar-refractivity contribution < 1.29 is 9.18 Å². The number of pyridine rings is 2. The van der Waals surface area contributed by atoms with Crippen LogP contribution in [0.25, 0.3) is 50.4 Å². The van der Waals surface area contributed by atoms with Crippen LogP contribution in [0.1, 0.15) is 25.0 Å². The van der Waals surface area contributed by atoms with E-state index in [0.717, 1.165) is 36.2 Å². The van der Waals surface area contributed by atoms with E-state index in [1.54, 1.807) is 18.6 Å². The molecule has 10 nitrogen and oxygen atoms in total. The highest BCUT2D eigenvalue weighted by Crippen LogP contribution is 2.34. The average Bonchev–Trinajstić information content (AvgIpc) is 3.61. The number of rotatable bonds is 5. The van der Waals surface area contributed by atoms with Gasteiger partial charge in [0.15, 0.2) is 11.6 Å². The Hall–Kier alpha value is -4.93. The zero-order valence-electron chi connectivity index (χ0n) is 20.4. The number of hydrogen-bond donors (Lipinski definition) is 3. The number of nitrogens with zero attached hydrogens (tertiary/aromatic N) is 6. The Kier molecular flexibility index (Phi) is 5.03. The summed E-state index contributed by atoms with van der Waals surface area (Å²) < 4.78 is 17.9. The molecule has 0 spiro atoms. The van der Waals surface area contributed by atoms with E-state index in [2.05, 4.69) is 35.5 Å². The third kappa shape index (κ3) is 3.62. The van der Waals surface area contributed by atoms with Crippen LogP contribution in [0, 0.1) is 18.7 Å². The molecule has 0 unspecified atom stereocenters. The molecule has 7 rings (SSSR count). The van der Waals surface area contributed by atoms with Crippen LogP contribution < -0.4 is 5.32 Å². The zero-order chi connectivity index (χ0) is 25.8. The number of amides is 1. The van der Waals surface area contributed by atoms with Crippen molar-refractivity contribution in [2.75, 3.05) is 5.32 Å². The summed E-state index contributed by atoms with van der Waals surface area (Å²) in [6.07, 6.45) is 11.1. The minimum absolute atomic E-state index is 0.0282. The lowest BCUT2D eigenvalue weighted by Gasteiger charge is -2.24. The van der Waals surface area contributed by atoms with Gasteiger partial charge < -0.3 is 14.9 Å². The fraction of sp³-hybridized carbons (Fsp3) is 0.185. The molecule has 5 heterocycles. The molecule has 1 fully saturated rings. The van der Waals surface area contributed by atoms with Gasteiger partial charge in [0, 0.05) is 23.9 Å². The largest absolute Gasteiger partial charge is 0.336 e. The number of anilines is 1. The molecule has 5 aromatic heterocycles. The second-order valence-electron chi connectivity index (χ2n) is 9.54. The number of halogens is 1. The smallest absolute Gasteiger partial charge is 0.227 e. The number of aromatic amines is 2. The summed E-state index contributed by atoms with van der Waals surface area (Å²) in [4.78, 5) is 33.3. The van der Waals surface area contributed by atoms with Crippen molar-refractivity contribution in [2.45, 2.75) is 26.2 Å². The molecule has 1 aromatic carbocycles. The number of aromatic nitrogens is 8. The van der Waals surface area contributed by atoms with Crippen molar-refractivity contribution in [3.63, 3.8) is 0 Å². The maximum atomic E-state index is 16.0. The highest BCUT2D eigenvalue weighted by molar-refractivity contribution is 5.97. The summed E-state index contributed by atoms with van der Waals surface area (Å²) in [5.41, 5.74) is 5.08. The number of hydrogen-bond acceptors (Lipinski definition) is 6. The standard InChI is InChI=1S/C27H22FN9O/c1-14-12-37(13-31-14)20-7-3-6-18-24(20)34-26(33-18)25-21-19(35-36-25)11-30-23(22(21)28)16-8-17(10-29-9-16)32-27(38)15-4-2-5-15/h3,6-13,15H,2,4-5H2,1H3,(H,32,38)(H,33,34)(H,35,36). The minimum atomic E-state index is -0.554. The number of H-pyrrole nitrogens is 2. The summed E-state index contributed by atoms with van der Waals surface area (Å²) in [6.45, 7) is 1.92. The lowest BCUT2D eigenvalue weighted by atomic mass is 9.85. The second kappa shape index (κ2) is 8.58. The molecule has 0 atom stereocenters. The normalized spacial score (nSPS) is 13.7. The quantitative estimate of drug-likeness (QED) is 0.303. The van der Waals surface area contributed by atoms with Crippen molar-refractivity contribution in [2.24, 2.45) is 5.92 Å². The highest BCUT2D eigenvalue weighted by atomic mass is 19.1. The third-order valence-corrected chi connectivity index (χ3v) is 7.01. The Bertz CT molecular complexity index is 1850. The van der Waals surface area contributed by atoms with E-state index in [-0.39, 0.29) is 22.9 Å². The molecule has 0 radical (unpaired) electrons. The topological polar surface area (TPSA) is 130 Å². The number of nitrogens with one attached hydrogen (secondary N) is 3. The SMILES string of the molecule is Cc1cn(-c2cccc3[nH]c(-c4n[nH]c5cnc(-c6cncc(NC(=O)C7CCC7)c6)c(F)c45)nc23)cn1. The molecule has 38 heavy (non-hydrogen) atoms. The molecule has 188 valence electrons. The number of carbonyl (C=O) groups is 1. The van der Waals surface area contributed by atoms with Gasteiger partial charge in [0.2, 0.25) is 5.91 Å². The summed E-state index contributed by atoms with van der Waals surface area (Å²) in [7, 11) is 0. The van der Waals surface area contributed by atoms with E-state index in [0.29, 0.717) is 33.8 Å². The van der Waals surface area contributed by atoms with Crippen LogP contribution in [-0.2, 0) is 4.79 Å². The van der Waals surface area contributed by atoms with E-state index in [4.69, 9.17) is 4.98 Å². The number of para-hydroxylation sites is 1. The Morgan fingerprint density at radius 3 is 2.82 bits per heavy atom. The first-order valence-electron chi connectivity index (χ1n) is 12.3. The summed E-state index contributed by atoms with van der Waals surface area (Å²) in [6, 6.07) is 7.46. The Balaban J connectivity index is 1.30. The fourth-order valence-electron chi connectivity index (χ4n) is 4.79. The van der Waals surface area contributed by atoms with E-state index in [1.165, 1.54) is 12.4 Å². The van der Waals surface area contributed by atoms with Gasteiger partial charge in [-0.2, -0.15) is 5.10 Å². The first-order chi connectivity index (χ1) is 18.5. The average molecular weight is 508 g/mol. The van der Waals surface area contributed by atoms with Gasteiger partial charge in [-0.3, -0.25) is 19.9 Å². The molecule has 6 aromatic rings. The number of fused-ring (bicyclic) bond motifs is 2. The van der Waals surface area contributed by atoms with Crippen molar-refractivity contribution in [1.82, 2.24) is 39.7 Å². The van der Waals surface area contributed by atoms with Gasteiger partial charge in [0.05, 0.1) is 52.2 Å². The predicted molar refractivity (Wildman–Crippen MR) is 140 cm³/mol. The number of benzene rings is 1. The third-order valence-electron chi connectivity index (χ3n) is 7.01. The van der Waals surface area contributed by atoms with Crippen LogP contribution in [0.3, 0.4) is 0 Å². The zero-order valence-corrected chi connectivity index (χ0v) is 20.4. The van der Waals surface area contributed by atoms with Crippen LogP contribution in [0.4, 0.5) is 10.1 Å². The van der Waals surface area contributed by atoms with Gasteiger partial charge in [-0.05, 0) is 38.0 Å². The van der Waals surface area contributed by atoms with Crippen molar-refractivity contribution in [3.05, 3.63) is 66.9 Å². The molecule has 0 aliphatic heterocycles. The molecule has 1 aliphatic carbocycles. The predicted octanol–water partition coefficient (Wildman–Crippen LogP) is 4.94. The van der Waals surface area contributed by atoms with Crippen LogP contribution in [0.15, 0.2) is 55.4 Å². The fourth-order valence-corrected chi connectivity index (χ4v) is 4.79. The summed E-state index contributed by atoms with van der Waals surface area (Å²) in [5, 5.41) is 10.4. The minimum Gasteiger partial charge on any atom is -0.336 e. The lowest BCUT2D eigenvalue weighted by Crippen LogP contribution is -2.28. The van der Waals surface area contributed by atoms with E-state index in [9.17, 15) is 4.79 Å². The Morgan fingerprint density at radius 1 is 1.13 bits per heavy atom. The lowest BCUT2D eigenvalue weighted by molar-refractivity contribution is -0.122. The Labute approximate surface area is 215 Å². The van der Waals surface area contributed by atoms with Gasteiger partial charge in [-0.1, -0.05) is 12.5 Å². The molecule has 3 N–H and O–H groups in total. The molecular weight excluding hydrogens is 485 g/mol. The Morgan fingerprint density at radius 2 is 2.03 bits per heavy atom. The van der Waals surface area contributed by atoms with Gasteiger partial charge in [0.25, 0.3) is 0 Å². The number of imidazole rings is 2. The van der Waals surface area contributed by atoms with Crippen molar-refractivity contribution in [1.29, 1.82) is 0 Å². The van der Waals surface area contributed by atoms with Crippen molar-refractivity contribution >= 4 is 33.5 Å². The van der Waals surface area contributed by atoms with Gasteiger partial charge in [-0.25, -0.2) is 14.4 Å². The second-order valence-corrected chi connectivity index (χ2v) is 9.54. The molecule has 11 heteroatoms.